The van der Waals surface area contributed by atoms with Crippen molar-refractivity contribution in [2.24, 2.45) is 0 Å². The third-order valence-electron chi connectivity index (χ3n) is 3.47. The van der Waals surface area contributed by atoms with Crippen molar-refractivity contribution in [3.63, 3.8) is 0 Å². The highest BCUT2D eigenvalue weighted by atomic mass is 16.5. The Morgan fingerprint density at radius 1 is 1.29 bits per heavy atom. The van der Waals surface area contributed by atoms with Crippen LogP contribution in [0.4, 0.5) is 0 Å². The van der Waals surface area contributed by atoms with Crippen molar-refractivity contribution in [1.82, 2.24) is 5.32 Å². The second-order valence-corrected chi connectivity index (χ2v) is 4.67. The van der Waals surface area contributed by atoms with Crippen LogP contribution < -0.4 is 20.5 Å². The van der Waals surface area contributed by atoms with Crippen molar-refractivity contribution in [2.45, 2.75) is 38.1 Å². The van der Waals surface area contributed by atoms with E-state index in [1.54, 1.807) is 7.11 Å². The summed E-state index contributed by atoms with van der Waals surface area (Å²) in [5.41, 5.74) is 0. The van der Waals surface area contributed by atoms with Crippen LogP contribution in [-0.2, 0) is 0 Å². The highest BCUT2D eigenvalue weighted by Gasteiger charge is 2.10. The molecular weight excluding hydrogens is 210 g/mol. The lowest BCUT2D eigenvalue weighted by Crippen LogP contribution is -2.32. The van der Waals surface area contributed by atoms with Gasteiger partial charge in [-0.05, 0) is 18.9 Å². The molecule has 2 nitrogen and oxygen atoms in total. The summed E-state index contributed by atoms with van der Waals surface area (Å²) in [5, 5.41) is 5.59. The fourth-order valence-corrected chi connectivity index (χ4v) is 2.39. The van der Waals surface area contributed by atoms with E-state index in [1.807, 2.05) is 12.1 Å². The van der Waals surface area contributed by atoms with Crippen molar-refractivity contribution in [3.8, 4) is 5.75 Å². The minimum Gasteiger partial charge on any atom is -0.496 e. The molecule has 0 aromatic heterocycles. The van der Waals surface area contributed by atoms with E-state index in [0.29, 0.717) is 6.04 Å². The molecule has 2 rings (SSSR count). The van der Waals surface area contributed by atoms with Gasteiger partial charge >= 0.3 is 0 Å². The van der Waals surface area contributed by atoms with E-state index in [0.717, 1.165) is 16.2 Å². The summed E-state index contributed by atoms with van der Waals surface area (Å²) in [6.07, 6.45) is 8.74. The molecule has 0 heterocycles. The first-order valence-electron chi connectivity index (χ1n) is 6.39. The van der Waals surface area contributed by atoms with E-state index in [-0.39, 0.29) is 0 Å². The SMILES string of the molecule is C=c1c(OC)ccc/c1=C\NC1CCCCC1. The summed E-state index contributed by atoms with van der Waals surface area (Å²) in [5.74, 6) is 0.851. The fourth-order valence-electron chi connectivity index (χ4n) is 2.39. The molecule has 0 spiro atoms. The molecule has 1 aliphatic rings. The Bertz CT molecular complexity index is 460. The van der Waals surface area contributed by atoms with Crippen molar-refractivity contribution in [1.29, 1.82) is 0 Å². The molecule has 0 bridgehead atoms. The average molecular weight is 231 g/mol. The summed E-state index contributed by atoms with van der Waals surface area (Å²) in [4.78, 5) is 0. The molecule has 0 aliphatic heterocycles. The summed E-state index contributed by atoms with van der Waals surface area (Å²) >= 11 is 0. The smallest absolute Gasteiger partial charge is 0.126 e. The molecular formula is C15H21NO. The Balaban J connectivity index is 2.13. The van der Waals surface area contributed by atoms with Crippen molar-refractivity contribution in [3.05, 3.63) is 28.6 Å². The lowest BCUT2D eigenvalue weighted by atomic mass is 9.96. The Labute approximate surface area is 103 Å². The molecule has 1 saturated carbocycles. The van der Waals surface area contributed by atoms with E-state index in [1.165, 1.54) is 32.1 Å². The van der Waals surface area contributed by atoms with E-state index in [4.69, 9.17) is 4.74 Å². The Morgan fingerprint density at radius 2 is 2.06 bits per heavy atom. The van der Waals surface area contributed by atoms with Gasteiger partial charge in [0.05, 0.1) is 7.11 Å². The Morgan fingerprint density at radius 3 is 2.76 bits per heavy atom. The number of ether oxygens (including phenoxy) is 1. The number of methoxy groups -OCH3 is 1. The van der Waals surface area contributed by atoms with Crippen LogP contribution in [-0.4, -0.2) is 13.2 Å². The van der Waals surface area contributed by atoms with Crippen LogP contribution in [0.2, 0.25) is 0 Å². The van der Waals surface area contributed by atoms with Gasteiger partial charge in [-0.15, -0.1) is 0 Å². The van der Waals surface area contributed by atoms with Gasteiger partial charge in [0.25, 0.3) is 0 Å². The molecule has 0 unspecified atom stereocenters. The van der Waals surface area contributed by atoms with Crippen LogP contribution in [0.3, 0.4) is 0 Å². The molecule has 1 aromatic rings. The maximum absolute atomic E-state index is 5.27. The van der Waals surface area contributed by atoms with Crippen LogP contribution >= 0.6 is 0 Å². The Kier molecular flexibility index (Phi) is 4.08. The van der Waals surface area contributed by atoms with Gasteiger partial charge in [-0.2, -0.15) is 0 Å². The number of nitrogens with one attached hydrogen (secondary N) is 1. The predicted octanol–water partition coefficient (Wildman–Crippen LogP) is 1.77. The van der Waals surface area contributed by atoms with Crippen LogP contribution in [0, 0.1) is 0 Å². The monoisotopic (exact) mass is 231 g/mol. The maximum atomic E-state index is 5.27. The standard InChI is InChI=1S/C15H21NO/c1-12-13(7-6-10-15(12)17-2)11-16-14-8-4-3-5-9-14/h6-7,10-11,14,16H,1,3-5,8-9H2,2H3/b13-11+. The average Bonchev–Trinajstić information content (AvgIpc) is 2.39. The van der Waals surface area contributed by atoms with Gasteiger partial charge in [0.15, 0.2) is 0 Å². The van der Waals surface area contributed by atoms with Gasteiger partial charge in [-0.3, -0.25) is 0 Å². The van der Waals surface area contributed by atoms with E-state index in [9.17, 15) is 0 Å². The minimum absolute atomic E-state index is 0.634. The molecule has 0 radical (unpaired) electrons. The van der Waals surface area contributed by atoms with Gasteiger partial charge in [-0.25, -0.2) is 0 Å². The molecule has 1 fully saturated rings. The van der Waals surface area contributed by atoms with Crippen molar-refractivity contribution in [2.75, 3.05) is 7.11 Å². The third-order valence-corrected chi connectivity index (χ3v) is 3.47. The largest absolute Gasteiger partial charge is 0.496 e. The van der Waals surface area contributed by atoms with Gasteiger partial charge in [0.1, 0.15) is 5.75 Å². The lowest BCUT2D eigenvalue weighted by Gasteiger charge is -2.21. The highest BCUT2D eigenvalue weighted by molar-refractivity contribution is 5.33. The van der Waals surface area contributed by atoms with E-state index < -0.39 is 0 Å². The lowest BCUT2D eigenvalue weighted by molar-refractivity contribution is 0.409. The zero-order valence-electron chi connectivity index (χ0n) is 10.5. The highest BCUT2D eigenvalue weighted by Crippen LogP contribution is 2.17. The van der Waals surface area contributed by atoms with Crippen LogP contribution in [0.15, 0.2) is 18.2 Å². The topological polar surface area (TPSA) is 21.3 Å². The van der Waals surface area contributed by atoms with E-state index >= 15 is 0 Å². The maximum Gasteiger partial charge on any atom is 0.126 e. The van der Waals surface area contributed by atoms with Gasteiger partial charge in [0.2, 0.25) is 0 Å². The number of hydrogen-bond donors (Lipinski definition) is 1. The van der Waals surface area contributed by atoms with Gasteiger partial charge in [-0.1, -0.05) is 38.0 Å². The molecule has 1 aliphatic carbocycles. The summed E-state index contributed by atoms with van der Waals surface area (Å²) in [7, 11) is 1.68. The molecule has 0 atom stereocenters. The normalized spacial score (nSPS) is 18.1. The molecule has 1 aromatic carbocycles. The first-order valence-corrected chi connectivity index (χ1v) is 6.39. The molecule has 0 saturated heterocycles. The third kappa shape index (κ3) is 3.02. The minimum atomic E-state index is 0.634. The first kappa shape index (κ1) is 12.0. The summed E-state index contributed by atoms with van der Waals surface area (Å²) in [6, 6.07) is 6.65. The zero-order chi connectivity index (χ0) is 12.1. The van der Waals surface area contributed by atoms with Crippen LogP contribution in [0.25, 0.3) is 12.8 Å². The van der Waals surface area contributed by atoms with Crippen LogP contribution in [0.1, 0.15) is 32.1 Å². The second kappa shape index (κ2) is 5.76. The summed E-state index contributed by atoms with van der Waals surface area (Å²) in [6.45, 7) is 4.06. The molecule has 1 N–H and O–H groups in total. The quantitative estimate of drug-likeness (QED) is 0.856. The fraction of sp³-hybridized carbons (Fsp3) is 0.467. The van der Waals surface area contributed by atoms with E-state index in [2.05, 4.69) is 24.2 Å². The van der Waals surface area contributed by atoms with Gasteiger partial charge < -0.3 is 10.1 Å². The van der Waals surface area contributed by atoms with Crippen molar-refractivity contribution < 1.29 is 4.74 Å². The number of hydrogen-bond acceptors (Lipinski definition) is 2. The Hall–Kier alpha value is -1.44. The molecule has 2 heteroatoms. The molecule has 0 amide bonds. The molecule has 17 heavy (non-hydrogen) atoms. The summed E-state index contributed by atoms with van der Waals surface area (Å²) < 4.78 is 5.27. The number of benzene rings is 1. The zero-order valence-corrected chi connectivity index (χ0v) is 10.5. The number of rotatable bonds is 3. The van der Waals surface area contributed by atoms with Crippen molar-refractivity contribution >= 4 is 12.8 Å². The predicted molar refractivity (Wildman–Crippen MR) is 72.2 cm³/mol. The first-order chi connectivity index (χ1) is 8.31. The van der Waals surface area contributed by atoms with Crippen LogP contribution in [0.5, 0.6) is 5.75 Å². The van der Waals surface area contributed by atoms with Gasteiger partial charge in [0, 0.05) is 22.7 Å². The second-order valence-electron chi connectivity index (χ2n) is 4.67. The molecule has 92 valence electrons.